The highest BCUT2D eigenvalue weighted by Crippen LogP contribution is 2.15. The largest absolute Gasteiger partial charge is 0.306 e. The zero-order valence-corrected chi connectivity index (χ0v) is 12.4. The summed E-state index contributed by atoms with van der Waals surface area (Å²) in [6.07, 6.45) is 1.02. The summed E-state index contributed by atoms with van der Waals surface area (Å²) in [5.74, 6) is 0.236. The molecule has 1 aromatic carbocycles. The molecule has 108 valence electrons. The fourth-order valence-electron chi connectivity index (χ4n) is 2.45. The van der Waals surface area contributed by atoms with Crippen LogP contribution in [0.5, 0.6) is 0 Å². The number of nitrogens with one attached hydrogen (secondary N) is 1. The van der Waals surface area contributed by atoms with Gasteiger partial charge in [-0.2, -0.15) is 5.26 Å². The first-order valence-corrected chi connectivity index (χ1v) is 8.29. The summed E-state index contributed by atoms with van der Waals surface area (Å²) < 4.78 is 26.8. The van der Waals surface area contributed by atoms with Crippen molar-refractivity contribution in [1.82, 2.24) is 9.62 Å². The van der Waals surface area contributed by atoms with Gasteiger partial charge in [0, 0.05) is 13.1 Å². The highest BCUT2D eigenvalue weighted by Gasteiger charge is 2.22. The number of nitrogens with zero attached hydrogens (tertiary/aromatic N) is 2. The van der Waals surface area contributed by atoms with E-state index in [4.69, 9.17) is 5.26 Å². The van der Waals surface area contributed by atoms with Crippen molar-refractivity contribution in [1.29, 1.82) is 5.26 Å². The van der Waals surface area contributed by atoms with Crippen LogP contribution in [0, 0.1) is 17.2 Å². The molecule has 5 nitrogen and oxygen atoms in total. The van der Waals surface area contributed by atoms with E-state index in [0.717, 1.165) is 19.5 Å². The first-order chi connectivity index (χ1) is 9.50. The van der Waals surface area contributed by atoms with Gasteiger partial charge in [0.15, 0.2) is 0 Å². The molecule has 0 spiro atoms. The molecular formula is C14H19N3O2S. The van der Waals surface area contributed by atoms with Crippen LogP contribution in [0.1, 0.15) is 17.5 Å². The Hall–Kier alpha value is -1.42. The highest BCUT2D eigenvalue weighted by atomic mass is 32.2. The number of hydrogen-bond donors (Lipinski definition) is 1. The van der Waals surface area contributed by atoms with Crippen LogP contribution in [-0.4, -0.2) is 40.0 Å². The fourth-order valence-corrected chi connectivity index (χ4v) is 3.70. The number of likely N-dealkylation sites (tertiary alicyclic amines) is 1. The van der Waals surface area contributed by atoms with E-state index in [1.165, 1.54) is 0 Å². The molecule has 6 heteroatoms. The third-order valence-electron chi connectivity index (χ3n) is 3.56. The molecule has 0 aliphatic carbocycles. The van der Waals surface area contributed by atoms with Crippen LogP contribution in [0.2, 0.25) is 0 Å². The Kier molecular flexibility index (Phi) is 4.76. The first kappa shape index (κ1) is 15.0. The molecule has 1 atom stereocenters. The number of sulfonamides is 1. The molecule has 1 aliphatic rings. The standard InChI is InChI=1S/C14H19N3O2S/c1-17-7-6-12(10-17)9-16-20(18,19)11-14-5-3-2-4-13(14)8-15/h2-5,12,16H,6-7,9-11H2,1H3. The second-order valence-corrected chi connectivity index (χ2v) is 7.10. The van der Waals surface area contributed by atoms with Crippen molar-refractivity contribution in [3.63, 3.8) is 0 Å². The lowest BCUT2D eigenvalue weighted by molar-refractivity contribution is 0.394. The molecular weight excluding hydrogens is 274 g/mol. The van der Waals surface area contributed by atoms with Crippen LogP contribution in [0.25, 0.3) is 0 Å². The smallest absolute Gasteiger partial charge is 0.215 e. The summed E-state index contributed by atoms with van der Waals surface area (Å²) in [5, 5.41) is 8.98. The van der Waals surface area contributed by atoms with E-state index in [1.54, 1.807) is 24.3 Å². The van der Waals surface area contributed by atoms with E-state index in [-0.39, 0.29) is 5.75 Å². The van der Waals surface area contributed by atoms with Gasteiger partial charge in [-0.3, -0.25) is 0 Å². The summed E-state index contributed by atoms with van der Waals surface area (Å²) in [5.41, 5.74) is 0.963. The fraction of sp³-hybridized carbons (Fsp3) is 0.500. The third kappa shape index (κ3) is 4.04. The minimum atomic E-state index is -3.39. The van der Waals surface area contributed by atoms with Crippen molar-refractivity contribution < 1.29 is 8.42 Å². The number of rotatable bonds is 5. The summed E-state index contributed by atoms with van der Waals surface area (Å²) >= 11 is 0. The topological polar surface area (TPSA) is 73.2 Å². The lowest BCUT2D eigenvalue weighted by Crippen LogP contribution is -2.31. The van der Waals surface area contributed by atoms with Gasteiger partial charge in [0.05, 0.1) is 17.4 Å². The molecule has 1 aromatic rings. The quantitative estimate of drug-likeness (QED) is 0.876. The Balaban J connectivity index is 1.96. The predicted molar refractivity (Wildman–Crippen MR) is 77.4 cm³/mol. The lowest BCUT2D eigenvalue weighted by Gasteiger charge is -2.12. The van der Waals surface area contributed by atoms with Crippen LogP contribution in [0.15, 0.2) is 24.3 Å². The number of nitriles is 1. The molecule has 0 bridgehead atoms. The maximum Gasteiger partial charge on any atom is 0.215 e. The van der Waals surface area contributed by atoms with Crippen molar-refractivity contribution in [2.75, 3.05) is 26.7 Å². The van der Waals surface area contributed by atoms with E-state index in [1.807, 2.05) is 13.1 Å². The Labute approximate surface area is 120 Å². The average molecular weight is 293 g/mol. The normalized spacial score (nSPS) is 19.9. The van der Waals surface area contributed by atoms with E-state index < -0.39 is 10.0 Å². The SMILES string of the molecule is CN1CCC(CNS(=O)(=O)Cc2ccccc2C#N)C1. The maximum absolute atomic E-state index is 12.1. The van der Waals surface area contributed by atoms with Crippen LogP contribution >= 0.6 is 0 Å². The second kappa shape index (κ2) is 6.35. The van der Waals surface area contributed by atoms with Gasteiger partial charge < -0.3 is 4.90 Å². The van der Waals surface area contributed by atoms with Crippen molar-refractivity contribution in [2.24, 2.45) is 5.92 Å². The van der Waals surface area contributed by atoms with E-state index in [2.05, 4.69) is 9.62 Å². The molecule has 1 aliphatic heterocycles. The molecule has 0 saturated carbocycles. The Morgan fingerprint density at radius 1 is 1.45 bits per heavy atom. The second-order valence-electron chi connectivity index (χ2n) is 5.29. The zero-order chi connectivity index (χ0) is 14.6. The maximum atomic E-state index is 12.1. The number of benzene rings is 1. The van der Waals surface area contributed by atoms with E-state index >= 15 is 0 Å². The minimum Gasteiger partial charge on any atom is -0.306 e. The van der Waals surface area contributed by atoms with Crippen molar-refractivity contribution in [2.45, 2.75) is 12.2 Å². The predicted octanol–water partition coefficient (Wildman–Crippen LogP) is 0.929. The molecule has 1 N–H and O–H groups in total. The van der Waals surface area contributed by atoms with Crippen molar-refractivity contribution in [3.8, 4) is 6.07 Å². The highest BCUT2D eigenvalue weighted by molar-refractivity contribution is 7.88. The molecule has 2 rings (SSSR count). The summed E-state index contributed by atoms with van der Waals surface area (Å²) in [7, 11) is -1.35. The minimum absolute atomic E-state index is 0.140. The van der Waals surface area contributed by atoms with Gasteiger partial charge in [0.2, 0.25) is 10.0 Å². The van der Waals surface area contributed by atoms with Gasteiger partial charge in [0.25, 0.3) is 0 Å². The summed E-state index contributed by atoms with van der Waals surface area (Å²) in [4.78, 5) is 2.20. The van der Waals surface area contributed by atoms with Crippen molar-refractivity contribution >= 4 is 10.0 Å². The third-order valence-corrected chi connectivity index (χ3v) is 4.86. The van der Waals surface area contributed by atoms with Crippen LogP contribution < -0.4 is 4.72 Å². The summed E-state index contributed by atoms with van der Waals surface area (Å²) in [6, 6.07) is 8.82. The Morgan fingerprint density at radius 3 is 2.85 bits per heavy atom. The molecule has 1 heterocycles. The van der Waals surface area contributed by atoms with Gasteiger partial charge in [-0.15, -0.1) is 0 Å². The molecule has 0 aromatic heterocycles. The Morgan fingerprint density at radius 2 is 2.20 bits per heavy atom. The molecule has 1 fully saturated rings. The van der Waals surface area contributed by atoms with Gasteiger partial charge in [-0.1, -0.05) is 18.2 Å². The van der Waals surface area contributed by atoms with Crippen LogP contribution in [-0.2, 0) is 15.8 Å². The molecule has 0 radical (unpaired) electrons. The Bertz CT molecular complexity index is 607. The van der Waals surface area contributed by atoms with E-state index in [9.17, 15) is 8.42 Å². The van der Waals surface area contributed by atoms with Gasteiger partial charge in [-0.05, 0) is 37.6 Å². The molecule has 20 heavy (non-hydrogen) atoms. The molecule has 1 unspecified atom stereocenters. The van der Waals surface area contributed by atoms with Crippen molar-refractivity contribution in [3.05, 3.63) is 35.4 Å². The lowest BCUT2D eigenvalue weighted by atomic mass is 10.1. The van der Waals surface area contributed by atoms with Gasteiger partial charge in [0.1, 0.15) is 0 Å². The molecule has 0 amide bonds. The monoisotopic (exact) mass is 293 g/mol. The van der Waals surface area contributed by atoms with Crippen LogP contribution in [0.3, 0.4) is 0 Å². The van der Waals surface area contributed by atoms with E-state index in [0.29, 0.717) is 23.6 Å². The van der Waals surface area contributed by atoms with Gasteiger partial charge >= 0.3 is 0 Å². The molecule has 1 saturated heterocycles. The van der Waals surface area contributed by atoms with Gasteiger partial charge in [-0.25, -0.2) is 13.1 Å². The number of hydrogen-bond acceptors (Lipinski definition) is 4. The average Bonchev–Trinajstić information content (AvgIpc) is 2.83. The first-order valence-electron chi connectivity index (χ1n) is 6.64. The van der Waals surface area contributed by atoms with Crippen LogP contribution in [0.4, 0.5) is 0 Å². The summed E-state index contributed by atoms with van der Waals surface area (Å²) in [6.45, 7) is 2.42. The zero-order valence-electron chi connectivity index (χ0n) is 11.5.